The molecule has 0 aliphatic rings. The largest absolute Gasteiger partial charge is 0.478 e. The van der Waals surface area contributed by atoms with Gasteiger partial charge in [0.1, 0.15) is 5.03 Å². The van der Waals surface area contributed by atoms with Crippen molar-refractivity contribution in [1.82, 2.24) is 4.98 Å². The zero-order valence-electron chi connectivity index (χ0n) is 11.1. The standard InChI is InChI=1S/C15H15NO2S/c1-9-4-5-10(2)13(6-9)19-14-8-12(15(17)18)7-11(3)16-14/h4-8H,1-3H3,(H,17,18). The normalized spacial score (nSPS) is 10.5. The smallest absolute Gasteiger partial charge is 0.335 e. The van der Waals surface area contributed by atoms with Gasteiger partial charge in [-0.25, -0.2) is 9.78 Å². The number of aromatic nitrogens is 1. The quantitative estimate of drug-likeness (QED) is 0.922. The van der Waals surface area contributed by atoms with Crippen LogP contribution in [0.4, 0.5) is 0 Å². The van der Waals surface area contributed by atoms with Gasteiger partial charge in [-0.1, -0.05) is 23.9 Å². The minimum atomic E-state index is -0.923. The molecule has 0 spiro atoms. The number of pyridine rings is 1. The van der Waals surface area contributed by atoms with Gasteiger partial charge < -0.3 is 5.11 Å². The summed E-state index contributed by atoms with van der Waals surface area (Å²) < 4.78 is 0. The Morgan fingerprint density at radius 1 is 1.16 bits per heavy atom. The minimum Gasteiger partial charge on any atom is -0.478 e. The Balaban J connectivity index is 2.38. The van der Waals surface area contributed by atoms with Crippen molar-refractivity contribution in [3.8, 4) is 0 Å². The van der Waals surface area contributed by atoms with Crippen LogP contribution >= 0.6 is 11.8 Å². The zero-order valence-corrected chi connectivity index (χ0v) is 11.9. The van der Waals surface area contributed by atoms with E-state index in [0.29, 0.717) is 10.7 Å². The number of carboxylic acids is 1. The van der Waals surface area contributed by atoms with Gasteiger partial charge in [0.25, 0.3) is 0 Å². The molecule has 0 fully saturated rings. The molecule has 19 heavy (non-hydrogen) atoms. The van der Waals surface area contributed by atoms with Gasteiger partial charge in [0.05, 0.1) is 5.56 Å². The first kappa shape index (κ1) is 13.6. The topological polar surface area (TPSA) is 50.2 Å². The Hall–Kier alpha value is -1.81. The predicted molar refractivity (Wildman–Crippen MR) is 76.0 cm³/mol. The number of aryl methyl sites for hydroxylation is 3. The first-order valence-electron chi connectivity index (χ1n) is 5.93. The maximum atomic E-state index is 11.0. The number of hydrogen-bond acceptors (Lipinski definition) is 3. The third-order valence-corrected chi connectivity index (χ3v) is 3.81. The SMILES string of the molecule is Cc1ccc(C)c(Sc2cc(C(=O)O)cc(C)n2)c1. The molecule has 0 radical (unpaired) electrons. The average molecular weight is 273 g/mol. The summed E-state index contributed by atoms with van der Waals surface area (Å²) in [5.41, 5.74) is 3.34. The highest BCUT2D eigenvalue weighted by molar-refractivity contribution is 7.99. The number of rotatable bonds is 3. The van der Waals surface area contributed by atoms with Crippen LogP contribution in [0.1, 0.15) is 27.2 Å². The van der Waals surface area contributed by atoms with Crippen molar-refractivity contribution in [2.75, 3.05) is 0 Å². The van der Waals surface area contributed by atoms with Crippen LogP contribution in [0, 0.1) is 20.8 Å². The molecule has 1 aromatic heterocycles. The first-order chi connectivity index (χ1) is 8.95. The lowest BCUT2D eigenvalue weighted by molar-refractivity contribution is 0.0696. The molecule has 1 heterocycles. The van der Waals surface area contributed by atoms with Crippen molar-refractivity contribution in [2.45, 2.75) is 30.7 Å². The van der Waals surface area contributed by atoms with Gasteiger partial charge in [-0.2, -0.15) is 0 Å². The number of aromatic carboxylic acids is 1. The molecule has 1 N–H and O–H groups in total. The first-order valence-corrected chi connectivity index (χ1v) is 6.74. The van der Waals surface area contributed by atoms with Gasteiger partial charge in [0.15, 0.2) is 0 Å². The summed E-state index contributed by atoms with van der Waals surface area (Å²) >= 11 is 1.50. The van der Waals surface area contributed by atoms with E-state index in [1.165, 1.54) is 17.3 Å². The fourth-order valence-electron chi connectivity index (χ4n) is 1.74. The highest BCUT2D eigenvalue weighted by atomic mass is 32.2. The monoisotopic (exact) mass is 273 g/mol. The van der Waals surface area contributed by atoms with Gasteiger partial charge in [-0.3, -0.25) is 0 Å². The second kappa shape index (κ2) is 5.45. The van der Waals surface area contributed by atoms with E-state index in [-0.39, 0.29) is 5.56 Å². The van der Waals surface area contributed by atoms with Gasteiger partial charge in [0, 0.05) is 10.6 Å². The third-order valence-electron chi connectivity index (χ3n) is 2.74. The number of carboxylic acid groups (broad SMARTS) is 1. The summed E-state index contributed by atoms with van der Waals surface area (Å²) in [5.74, 6) is -0.923. The molecule has 3 nitrogen and oxygen atoms in total. The lowest BCUT2D eigenvalue weighted by Crippen LogP contribution is -1.99. The fourth-order valence-corrected chi connectivity index (χ4v) is 2.82. The van der Waals surface area contributed by atoms with Crippen molar-refractivity contribution in [2.24, 2.45) is 0 Å². The van der Waals surface area contributed by atoms with Crippen LogP contribution in [0.3, 0.4) is 0 Å². The molecule has 0 atom stereocenters. The van der Waals surface area contributed by atoms with Crippen molar-refractivity contribution >= 4 is 17.7 Å². The highest BCUT2D eigenvalue weighted by Gasteiger charge is 2.09. The number of hydrogen-bond donors (Lipinski definition) is 1. The number of benzene rings is 1. The van der Waals surface area contributed by atoms with Gasteiger partial charge >= 0.3 is 5.97 Å². The van der Waals surface area contributed by atoms with Crippen LogP contribution in [-0.4, -0.2) is 16.1 Å². The maximum absolute atomic E-state index is 11.0. The molecule has 0 saturated heterocycles. The van der Waals surface area contributed by atoms with Crippen molar-refractivity contribution in [3.63, 3.8) is 0 Å². The van der Waals surface area contributed by atoms with Crippen LogP contribution in [0.5, 0.6) is 0 Å². The average Bonchev–Trinajstić information content (AvgIpc) is 2.33. The van der Waals surface area contributed by atoms with Crippen molar-refractivity contribution < 1.29 is 9.90 Å². The van der Waals surface area contributed by atoms with Crippen LogP contribution in [-0.2, 0) is 0 Å². The van der Waals surface area contributed by atoms with Crippen LogP contribution in [0.2, 0.25) is 0 Å². The second-order valence-electron chi connectivity index (χ2n) is 4.51. The van der Waals surface area contributed by atoms with E-state index in [4.69, 9.17) is 5.11 Å². The molecule has 98 valence electrons. The molecular formula is C15H15NO2S. The minimum absolute atomic E-state index is 0.278. The molecule has 0 bridgehead atoms. The van der Waals surface area contributed by atoms with E-state index in [1.807, 2.05) is 13.8 Å². The Morgan fingerprint density at radius 2 is 1.89 bits per heavy atom. The lowest BCUT2D eigenvalue weighted by Gasteiger charge is -2.07. The van der Waals surface area contributed by atoms with Crippen LogP contribution in [0.15, 0.2) is 40.3 Å². The predicted octanol–water partition coefficient (Wildman–Crippen LogP) is 3.86. The highest BCUT2D eigenvalue weighted by Crippen LogP contribution is 2.30. The summed E-state index contributed by atoms with van der Waals surface area (Å²) in [6.45, 7) is 5.88. The van der Waals surface area contributed by atoms with E-state index in [2.05, 4.69) is 23.2 Å². The Kier molecular flexibility index (Phi) is 3.90. The maximum Gasteiger partial charge on any atom is 0.335 e. The summed E-state index contributed by atoms with van der Waals surface area (Å²) in [7, 11) is 0. The van der Waals surface area contributed by atoms with E-state index in [0.717, 1.165) is 10.5 Å². The zero-order chi connectivity index (χ0) is 14.0. The summed E-state index contributed by atoms with van der Waals surface area (Å²) in [6.07, 6.45) is 0. The lowest BCUT2D eigenvalue weighted by atomic mass is 10.2. The molecule has 1 aromatic carbocycles. The van der Waals surface area contributed by atoms with E-state index < -0.39 is 5.97 Å². The Bertz CT molecular complexity index is 638. The molecular weight excluding hydrogens is 258 g/mol. The molecule has 0 unspecified atom stereocenters. The molecule has 0 aliphatic carbocycles. The fraction of sp³-hybridized carbons (Fsp3) is 0.200. The molecule has 2 rings (SSSR count). The van der Waals surface area contributed by atoms with Crippen molar-refractivity contribution in [3.05, 3.63) is 52.7 Å². The van der Waals surface area contributed by atoms with E-state index in [1.54, 1.807) is 19.1 Å². The second-order valence-corrected chi connectivity index (χ2v) is 5.57. The van der Waals surface area contributed by atoms with Crippen LogP contribution in [0.25, 0.3) is 0 Å². The molecule has 0 saturated carbocycles. The molecule has 0 aliphatic heterocycles. The summed E-state index contributed by atoms with van der Waals surface area (Å²) in [6, 6.07) is 9.40. The van der Waals surface area contributed by atoms with Gasteiger partial charge in [-0.15, -0.1) is 0 Å². The Morgan fingerprint density at radius 3 is 2.58 bits per heavy atom. The number of nitrogens with zero attached hydrogens (tertiary/aromatic N) is 1. The van der Waals surface area contributed by atoms with Gasteiger partial charge in [0.2, 0.25) is 0 Å². The van der Waals surface area contributed by atoms with E-state index >= 15 is 0 Å². The summed E-state index contributed by atoms with van der Waals surface area (Å²) in [5, 5.41) is 9.78. The van der Waals surface area contributed by atoms with E-state index in [9.17, 15) is 4.79 Å². The summed E-state index contributed by atoms with van der Waals surface area (Å²) in [4.78, 5) is 16.5. The van der Waals surface area contributed by atoms with Crippen molar-refractivity contribution in [1.29, 1.82) is 0 Å². The Labute approximate surface area is 116 Å². The molecule has 2 aromatic rings. The third kappa shape index (κ3) is 3.35. The molecule has 0 amide bonds. The van der Waals surface area contributed by atoms with Crippen LogP contribution < -0.4 is 0 Å². The van der Waals surface area contributed by atoms with Gasteiger partial charge in [-0.05, 0) is 50.1 Å². The molecule has 4 heteroatoms. The number of carbonyl (C=O) groups is 1.